The number of carbonyl (C=O) groups excluding carboxylic acids is 1. The van der Waals surface area contributed by atoms with Gasteiger partial charge in [-0.1, -0.05) is 12.1 Å². The van der Waals surface area contributed by atoms with Crippen LogP contribution in [0.25, 0.3) is 0 Å². The second-order valence-electron chi connectivity index (χ2n) is 4.06. The second-order valence-corrected chi connectivity index (χ2v) is 4.06. The van der Waals surface area contributed by atoms with Crippen LogP contribution in [0.5, 0.6) is 11.5 Å². The van der Waals surface area contributed by atoms with E-state index in [0.29, 0.717) is 22.5 Å². The van der Waals surface area contributed by atoms with Crippen molar-refractivity contribution in [3.63, 3.8) is 0 Å². The highest BCUT2D eigenvalue weighted by molar-refractivity contribution is 6.58. The summed E-state index contributed by atoms with van der Waals surface area (Å²) in [6.07, 6.45) is 0. The predicted octanol–water partition coefficient (Wildman–Crippen LogP) is 0.594. The van der Waals surface area contributed by atoms with Crippen LogP contribution in [0.15, 0.2) is 48.5 Å². The van der Waals surface area contributed by atoms with Crippen molar-refractivity contribution in [3.8, 4) is 11.5 Å². The molecule has 0 amide bonds. The second kappa shape index (κ2) is 6.23. The van der Waals surface area contributed by atoms with Crippen LogP contribution >= 0.6 is 0 Å². The Morgan fingerprint density at radius 1 is 0.950 bits per heavy atom. The van der Waals surface area contributed by atoms with E-state index < -0.39 is 13.1 Å². The summed E-state index contributed by atoms with van der Waals surface area (Å²) in [7, 11) is 0.00567. The lowest BCUT2D eigenvalue weighted by Gasteiger charge is -2.06. The Morgan fingerprint density at radius 2 is 1.50 bits per heavy atom. The van der Waals surface area contributed by atoms with Crippen molar-refractivity contribution < 1.29 is 24.3 Å². The van der Waals surface area contributed by atoms with Gasteiger partial charge < -0.3 is 19.5 Å². The number of esters is 1. The molecule has 2 N–H and O–H groups in total. The number of hydrogen-bond acceptors (Lipinski definition) is 5. The highest BCUT2D eigenvalue weighted by Crippen LogP contribution is 2.14. The quantitative estimate of drug-likeness (QED) is 0.484. The van der Waals surface area contributed by atoms with E-state index in [1.54, 1.807) is 31.4 Å². The van der Waals surface area contributed by atoms with E-state index >= 15 is 0 Å². The minimum absolute atomic E-state index is 0.328. The maximum absolute atomic E-state index is 11.9. The van der Waals surface area contributed by atoms with E-state index in [0.717, 1.165) is 0 Å². The highest BCUT2D eigenvalue weighted by atomic mass is 16.5. The molecule has 6 heteroatoms. The third-order valence-corrected chi connectivity index (χ3v) is 2.71. The molecule has 0 aliphatic heterocycles. The lowest BCUT2D eigenvalue weighted by Crippen LogP contribution is -2.29. The van der Waals surface area contributed by atoms with Crippen molar-refractivity contribution in [1.29, 1.82) is 0 Å². The maximum Gasteiger partial charge on any atom is 0.488 e. The fraction of sp³-hybridized carbons (Fsp3) is 0.0714. The van der Waals surface area contributed by atoms with Gasteiger partial charge in [0.15, 0.2) is 0 Å². The summed E-state index contributed by atoms with van der Waals surface area (Å²) in [6.45, 7) is 0. The molecule has 0 aliphatic rings. The van der Waals surface area contributed by atoms with E-state index in [1.807, 2.05) is 0 Å². The zero-order valence-electron chi connectivity index (χ0n) is 10.8. The number of methoxy groups -OCH3 is 1. The lowest BCUT2D eigenvalue weighted by molar-refractivity contribution is 0.0735. The summed E-state index contributed by atoms with van der Waals surface area (Å²) in [5, 5.41) is 17.9. The van der Waals surface area contributed by atoms with Gasteiger partial charge in [0, 0.05) is 0 Å². The van der Waals surface area contributed by atoms with E-state index in [4.69, 9.17) is 19.5 Å². The van der Waals surface area contributed by atoms with Gasteiger partial charge in [-0.3, -0.25) is 0 Å². The molecule has 0 aromatic heterocycles. The molecule has 20 heavy (non-hydrogen) atoms. The van der Waals surface area contributed by atoms with Crippen molar-refractivity contribution in [2.45, 2.75) is 0 Å². The Hall–Kier alpha value is -2.31. The number of carbonyl (C=O) groups is 1. The number of benzene rings is 2. The minimum Gasteiger partial charge on any atom is -0.497 e. The molecule has 102 valence electrons. The van der Waals surface area contributed by atoms with Crippen LogP contribution in [-0.2, 0) is 0 Å². The maximum atomic E-state index is 11.9. The first kappa shape index (κ1) is 14.1. The van der Waals surface area contributed by atoms with E-state index in [-0.39, 0.29) is 0 Å². The summed E-state index contributed by atoms with van der Waals surface area (Å²) in [5.74, 6) is 0.489. The normalized spacial score (nSPS) is 9.95. The predicted molar refractivity (Wildman–Crippen MR) is 74.2 cm³/mol. The van der Waals surface area contributed by atoms with Crippen molar-refractivity contribution in [2.24, 2.45) is 0 Å². The monoisotopic (exact) mass is 272 g/mol. The van der Waals surface area contributed by atoms with Crippen molar-refractivity contribution in [1.82, 2.24) is 0 Å². The first-order valence-electron chi connectivity index (χ1n) is 5.92. The van der Waals surface area contributed by atoms with E-state index in [2.05, 4.69) is 0 Å². The van der Waals surface area contributed by atoms with Gasteiger partial charge in [-0.15, -0.1) is 0 Å². The molecule has 0 saturated heterocycles. The smallest absolute Gasteiger partial charge is 0.488 e. The van der Waals surface area contributed by atoms with Crippen molar-refractivity contribution in [3.05, 3.63) is 54.1 Å². The van der Waals surface area contributed by atoms with Gasteiger partial charge in [0.2, 0.25) is 0 Å². The summed E-state index contributed by atoms with van der Waals surface area (Å²) < 4.78 is 10.2. The van der Waals surface area contributed by atoms with Crippen LogP contribution in [0.2, 0.25) is 0 Å². The minimum atomic E-state index is -1.54. The van der Waals surface area contributed by atoms with Crippen LogP contribution in [0.4, 0.5) is 0 Å². The van der Waals surface area contributed by atoms with Crippen molar-refractivity contribution in [2.75, 3.05) is 7.11 Å². The topological polar surface area (TPSA) is 76.0 Å². The van der Waals surface area contributed by atoms with Gasteiger partial charge >= 0.3 is 13.1 Å². The Bertz CT molecular complexity index is 578. The third kappa shape index (κ3) is 3.37. The fourth-order valence-electron chi connectivity index (χ4n) is 1.60. The van der Waals surface area contributed by atoms with E-state index in [9.17, 15) is 4.79 Å². The van der Waals surface area contributed by atoms with Gasteiger partial charge in [-0.25, -0.2) is 4.79 Å². The Labute approximate surface area is 116 Å². The summed E-state index contributed by atoms with van der Waals surface area (Å²) in [5.41, 5.74) is 0.728. The van der Waals surface area contributed by atoms with Gasteiger partial charge in [-0.2, -0.15) is 0 Å². The van der Waals surface area contributed by atoms with Gasteiger partial charge in [0.25, 0.3) is 0 Å². The molecule has 0 bridgehead atoms. The van der Waals surface area contributed by atoms with E-state index in [1.165, 1.54) is 24.3 Å². The molecular weight excluding hydrogens is 259 g/mol. The van der Waals surface area contributed by atoms with Crippen LogP contribution in [0.1, 0.15) is 10.4 Å². The summed E-state index contributed by atoms with van der Waals surface area (Å²) in [4.78, 5) is 11.9. The number of hydrogen-bond donors (Lipinski definition) is 2. The third-order valence-electron chi connectivity index (χ3n) is 2.71. The molecule has 0 saturated carbocycles. The molecule has 2 rings (SSSR count). The molecule has 0 radical (unpaired) electrons. The fourth-order valence-corrected chi connectivity index (χ4v) is 1.60. The molecule has 0 unspecified atom stereocenters. The molecule has 2 aromatic rings. The number of rotatable bonds is 4. The zero-order valence-corrected chi connectivity index (χ0v) is 10.8. The van der Waals surface area contributed by atoms with Crippen LogP contribution in [0.3, 0.4) is 0 Å². The zero-order chi connectivity index (χ0) is 14.5. The van der Waals surface area contributed by atoms with Crippen LogP contribution in [-0.4, -0.2) is 30.2 Å². The molecule has 0 aliphatic carbocycles. The molecule has 0 heterocycles. The van der Waals surface area contributed by atoms with Gasteiger partial charge in [0.1, 0.15) is 11.5 Å². The summed E-state index contributed by atoms with van der Waals surface area (Å²) >= 11 is 0. The molecule has 0 fully saturated rings. The van der Waals surface area contributed by atoms with Gasteiger partial charge in [0.05, 0.1) is 12.7 Å². The molecule has 0 spiro atoms. The molecule has 2 aromatic carbocycles. The molecule has 0 atom stereocenters. The number of ether oxygens (including phenoxy) is 2. The van der Waals surface area contributed by atoms with Crippen LogP contribution < -0.4 is 14.9 Å². The largest absolute Gasteiger partial charge is 0.497 e. The van der Waals surface area contributed by atoms with Gasteiger partial charge in [-0.05, 0) is 41.9 Å². The average Bonchev–Trinajstić information content (AvgIpc) is 2.48. The lowest BCUT2D eigenvalue weighted by atomic mass is 9.80. The van der Waals surface area contributed by atoms with Crippen molar-refractivity contribution >= 4 is 18.6 Å². The Balaban J connectivity index is 2.06. The van der Waals surface area contributed by atoms with Crippen LogP contribution in [0, 0.1) is 0 Å². The summed E-state index contributed by atoms with van der Waals surface area (Å²) in [6, 6.07) is 12.5. The SMILES string of the molecule is COc1ccc(C(=O)Oc2ccc(B(O)O)cc2)cc1. The highest BCUT2D eigenvalue weighted by Gasteiger charge is 2.12. The standard InChI is InChI=1S/C14H13BO5/c1-19-12-6-2-10(3-7-12)14(16)20-13-8-4-11(5-9-13)15(17)18/h2-9,17-18H,1H3. The first-order valence-corrected chi connectivity index (χ1v) is 5.92. The Morgan fingerprint density at radius 3 is 2.00 bits per heavy atom. The Kier molecular flexibility index (Phi) is 4.39. The molecular formula is C14H13BO5. The average molecular weight is 272 g/mol. The first-order chi connectivity index (χ1) is 9.60. The molecule has 5 nitrogen and oxygen atoms in total.